The molecule has 0 aromatic heterocycles. The van der Waals surface area contributed by atoms with Gasteiger partial charge in [0.15, 0.2) is 0 Å². The Labute approximate surface area is 123 Å². The number of benzene rings is 2. The molecule has 0 saturated carbocycles. The predicted molar refractivity (Wildman–Crippen MR) is 76.9 cm³/mol. The number of ether oxygens (including phenoxy) is 1. The van der Waals surface area contributed by atoms with E-state index in [-0.39, 0.29) is 17.9 Å². The van der Waals surface area contributed by atoms with E-state index < -0.39 is 11.8 Å². The maximum Gasteiger partial charge on any atom is 0.339 e. The van der Waals surface area contributed by atoms with E-state index in [4.69, 9.17) is 9.84 Å². The van der Waals surface area contributed by atoms with Gasteiger partial charge in [0.25, 0.3) is 0 Å². The van der Waals surface area contributed by atoms with Gasteiger partial charge in [-0.05, 0) is 52.4 Å². The van der Waals surface area contributed by atoms with Gasteiger partial charge in [-0.25, -0.2) is 9.18 Å². The summed E-state index contributed by atoms with van der Waals surface area (Å²) < 4.78 is 19.6. The minimum absolute atomic E-state index is 0.0334. The van der Waals surface area contributed by atoms with Crippen molar-refractivity contribution in [1.29, 1.82) is 0 Å². The Morgan fingerprint density at radius 3 is 2.53 bits per heavy atom. The Morgan fingerprint density at radius 1 is 1.21 bits per heavy atom. The molecule has 0 amide bonds. The van der Waals surface area contributed by atoms with Gasteiger partial charge < -0.3 is 9.84 Å². The number of carbonyl (C=O) groups is 1. The number of carboxylic acid groups (broad SMARTS) is 1. The smallest absolute Gasteiger partial charge is 0.339 e. The molecule has 2 aromatic rings. The molecule has 2 aromatic carbocycles. The van der Waals surface area contributed by atoms with Crippen molar-refractivity contribution in [3.8, 4) is 5.75 Å². The average Bonchev–Trinajstić information content (AvgIpc) is 2.38. The van der Waals surface area contributed by atoms with Crippen molar-refractivity contribution in [3.63, 3.8) is 0 Å². The summed E-state index contributed by atoms with van der Waals surface area (Å²) in [5.41, 5.74) is 0.841. The van der Waals surface area contributed by atoms with E-state index in [0.717, 1.165) is 21.3 Å². The highest BCUT2D eigenvalue weighted by Gasteiger charge is 2.12. The number of hydrogen-bond donors (Lipinski definition) is 1. The van der Waals surface area contributed by atoms with Crippen molar-refractivity contribution >= 4 is 28.6 Å². The highest BCUT2D eigenvalue weighted by atomic mass is 127. The maximum absolute atomic E-state index is 13.1. The molecular formula is C14H10FIO3. The van der Waals surface area contributed by atoms with Crippen LogP contribution in [0.2, 0.25) is 0 Å². The fraction of sp³-hybridized carbons (Fsp3) is 0.0714. The van der Waals surface area contributed by atoms with Crippen molar-refractivity contribution in [2.45, 2.75) is 6.61 Å². The molecule has 0 unspecified atom stereocenters. The van der Waals surface area contributed by atoms with Gasteiger partial charge in [-0.3, -0.25) is 0 Å². The van der Waals surface area contributed by atoms with Gasteiger partial charge in [0.05, 0.1) is 0 Å². The number of hydrogen-bond acceptors (Lipinski definition) is 2. The highest BCUT2D eigenvalue weighted by Crippen LogP contribution is 2.21. The number of halogens is 2. The Bertz CT molecular complexity index is 596. The van der Waals surface area contributed by atoms with E-state index >= 15 is 0 Å². The fourth-order valence-electron chi connectivity index (χ4n) is 1.53. The zero-order valence-electron chi connectivity index (χ0n) is 9.77. The van der Waals surface area contributed by atoms with Crippen LogP contribution < -0.4 is 4.74 Å². The zero-order chi connectivity index (χ0) is 13.8. The standard InChI is InChI=1S/C14H10FIO3/c15-10-3-6-12(14(17)18)13(7-10)19-8-9-1-4-11(16)5-2-9/h1-7H,8H2,(H,17,18). The SMILES string of the molecule is O=C(O)c1ccc(F)cc1OCc1ccc(I)cc1. The lowest BCUT2D eigenvalue weighted by Gasteiger charge is -2.09. The molecule has 0 heterocycles. The van der Waals surface area contributed by atoms with Crippen LogP contribution in [0.5, 0.6) is 5.75 Å². The number of rotatable bonds is 4. The first-order valence-electron chi connectivity index (χ1n) is 5.46. The summed E-state index contributed by atoms with van der Waals surface area (Å²) in [5, 5.41) is 8.99. The fourth-order valence-corrected chi connectivity index (χ4v) is 1.89. The molecule has 0 radical (unpaired) electrons. The van der Waals surface area contributed by atoms with Crippen LogP contribution in [-0.2, 0) is 6.61 Å². The first kappa shape index (κ1) is 13.8. The van der Waals surface area contributed by atoms with Crippen molar-refractivity contribution in [1.82, 2.24) is 0 Å². The van der Waals surface area contributed by atoms with E-state index in [1.54, 1.807) is 0 Å². The van der Waals surface area contributed by atoms with Crippen molar-refractivity contribution in [2.75, 3.05) is 0 Å². The van der Waals surface area contributed by atoms with Crippen LogP contribution in [-0.4, -0.2) is 11.1 Å². The average molecular weight is 372 g/mol. The van der Waals surface area contributed by atoms with Gasteiger partial charge in [-0.1, -0.05) is 12.1 Å². The summed E-state index contributed by atoms with van der Waals surface area (Å²) in [6, 6.07) is 11.0. The second kappa shape index (κ2) is 6.01. The molecule has 0 spiro atoms. The zero-order valence-corrected chi connectivity index (χ0v) is 11.9. The molecule has 0 atom stereocenters. The van der Waals surface area contributed by atoms with Crippen molar-refractivity contribution in [3.05, 3.63) is 63.0 Å². The summed E-state index contributed by atoms with van der Waals surface area (Å²) in [6.45, 7) is 0.195. The van der Waals surface area contributed by atoms with E-state index in [2.05, 4.69) is 22.6 Å². The molecule has 98 valence electrons. The Kier molecular flexibility index (Phi) is 4.36. The van der Waals surface area contributed by atoms with Crippen LogP contribution in [0.3, 0.4) is 0 Å². The van der Waals surface area contributed by atoms with Gasteiger partial charge in [-0.15, -0.1) is 0 Å². The number of carboxylic acids is 1. The van der Waals surface area contributed by atoms with E-state index in [9.17, 15) is 9.18 Å². The van der Waals surface area contributed by atoms with Gasteiger partial charge in [0.1, 0.15) is 23.7 Å². The van der Waals surface area contributed by atoms with Crippen molar-refractivity contribution in [2.24, 2.45) is 0 Å². The first-order chi connectivity index (χ1) is 9.06. The minimum Gasteiger partial charge on any atom is -0.488 e. The topological polar surface area (TPSA) is 46.5 Å². The molecule has 0 saturated heterocycles. The van der Waals surface area contributed by atoms with Crippen LogP contribution in [0.1, 0.15) is 15.9 Å². The molecule has 0 aliphatic carbocycles. The Hall–Kier alpha value is -1.63. The van der Waals surface area contributed by atoms with Crippen LogP contribution in [0, 0.1) is 9.39 Å². The van der Waals surface area contributed by atoms with Crippen LogP contribution in [0.25, 0.3) is 0 Å². The summed E-state index contributed by atoms with van der Waals surface area (Å²) in [6.07, 6.45) is 0. The summed E-state index contributed by atoms with van der Waals surface area (Å²) in [7, 11) is 0. The molecule has 0 aliphatic rings. The van der Waals surface area contributed by atoms with E-state index in [0.29, 0.717) is 0 Å². The third kappa shape index (κ3) is 3.66. The van der Waals surface area contributed by atoms with Crippen LogP contribution >= 0.6 is 22.6 Å². The quantitative estimate of drug-likeness (QED) is 0.833. The van der Waals surface area contributed by atoms with Gasteiger partial charge in [0, 0.05) is 9.64 Å². The summed E-state index contributed by atoms with van der Waals surface area (Å²) in [5.74, 6) is -1.63. The molecule has 2 rings (SSSR count). The van der Waals surface area contributed by atoms with Crippen LogP contribution in [0.15, 0.2) is 42.5 Å². The van der Waals surface area contributed by atoms with Crippen molar-refractivity contribution < 1.29 is 19.0 Å². The van der Waals surface area contributed by atoms with E-state index in [1.165, 1.54) is 6.07 Å². The lowest BCUT2D eigenvalue weighted by atomic mass is 10.2. The van der Waals surface area contributed by atoms with Crippen LogP contribution in [0.4, 0.5) is 4.39 Å². The monoisotopic (exact) mass is 372 g/mol. The predicted octanol–water partition coefficient (Wildman–Crippen LogP) is 3.71. The highest BCUT2D eigenvalue weighted by molar-refractivity contribution is 14.1. The Morgan fingerprint density at radius 2 is 1.89 bits per heavy atom. The lowest BCUT2D eigenvalue weighted by molar-refractivity contribution is 0.0691. The van der Waals surface area contributed by atoms with E-state index in [1.807, 2.05) is 24.3 Å². The molecule has 0 bridgehead atoms. The molecule has 5 heteroatoms. The van der Waals surface area contributed by atoms with Gasteiger partial charge in [-0.2, -0.15) is 0 Å². The molecule has 1 N–H and O–H groups in total. The second-order valence-corrected chi connectivity index (χ2v) is 5.11. The summed E-state index contributed by atoms with van der Waals surface area (Å²) >= 11 is 2.19. The number of aromatic carboxylic acids is 1. The third-order valence-electron chi connectivity index (χ3n) is 2.48. The minimum atomic E-state index is -1.14. The normalized spacial score (nSPS) is 10.2. The largest absolute Gasteiger partial charge is 0.488 e. The first-order valence-corrected chi connectivity index (χ1v) is 6.54. The maximum atomic E-state index is 13.1. The van der Waals surface area contributed by atoms with Gasteiger partial charge >= 0.3 is 5.97 Å². The van der Waals surface area contributed by atoms with Gasteiger partial charge in [0.2, 0.25) is 0 Å². The third-order valence-corrected chi connectivity index (χ3v) is 3.20. The second-order valence-electron chi connectivity index (χ2n) is 3.86. The Balaban J connectivity index is 2.16. The molecule has 0 fully saturated rings. The molecule has 19 heavy (non-hydrogen) atoms. The lowest BCUT2D eigenvalue weighted by Crippen LogP contribution is -2.04. The molecular weight excluding hydrogens is 362 g/mol. The molecule has 3 nitrogen and oxygen atoms in total. The molecule has 0 aliphatic heterocycles. The summed E-state index contributed by atoms with van der Waals surface area (Å²) in [4.78, 5) is 11.0.